The van der Waals surface area contributed by atoms with Crippen molar-refractivity contribution in [3.8, 4) is 0 Å². The van der Waals surface area contributed by atoms with Crippen LogP contribution in [0.25, 0.3) is 0 Å². The Balaban J connectivity index is 2.23. The van der Waals surface area contributed by atoms with Crippen molar-refractivity contribution in [1.29, 1.82) is 0 Å². The first kappa shape index (κ1) is 11.8. The first-order valence-electron chi connectivity index (χ1n) is 5.14. The third kappa shape index (κ3) is 2.91. The van der Waals surface area contributed by atoms with E-state index in [2.05, 4.69) is 20.9 Å². The number of hydrogen-bond donors (Lipinski definition) is 1. The summed E-state index contributed by atoms with van der Waals surface area (Å²) in [5.74, 6) is 0.00926. The lowest BCUT2D eigenvalue weighted by Gasteiger charge is -2.05. The molecule has 1 aromatic carbocycles. The lowest BCUT2D eigenvalue weighted by Crippen LogP contribution is -2.07. The van der Waals surface area contributed by atoms with Crippen molar-refractivity contribution in [2.45, 2.75) is 6.42 Å². The Morgan fingerprint density at radius 1 is 1.24 bits per heavy atom. The number of carbonyl (C=O) groups is 1. The minimum atomic E-state index is 0.00926. The zero-order valence-corrected chi connectivity index (χ0v) is 10.6. The first-order chi connectivity index (χ1) is 8.16. The molecule has 0 atom stereocenters. The number of pyridine rings is 1. The fourth-order valence-electron chi connectivity index (χ4n) is 1.55. The molecule has 0 aliphatic heterocycles. The maximum absolute atomic E-state index is 12.1. The third-order valence-electron chi connectivity index (χ3n) is 2.43. The Kier molecular flexibility index (Phi) is 3.54. The highest BCUT2D eigenvalue weighted by Crippen LogP contribution is 2.20. The molecule has 3 nitrogen and oxygen atoms in total. The lowest BCUT2D eigenvalue weighted by molar-refractivity contribution is 0.0994. The van der Waals surface area contributed by atoms with Crippen molar-refractivity contribution in [2.24, 2.45) is 0 Å². The van der Waals surface area contributed by atoms with Gasteiger partial charge in [0.1, 0.15) is 0 Å². The standard InChI is InChI=1S/C13H11BrN2O/c14-10-1-2-12(15)11(8-10)13(17)7-9-3-5-16-6-4-9/h1-6,8H,7,15H2. The summed E-state index contributed by atoms with van der Waals surface area (Å²) >= 11 is 3.33. The van der Waals surface area contributed by atoms with E-state index >= 15 is 0 Å². The molecule has 17 heavy (non-hydrogen) atoms. The van der Waals surface area contributed by atoms with Gasteiger partial charge >= 0.3 is 0 Å². The number of nitrogens with two attached hydrogens (primary N) is 1. The zero-order chi connectivity index (χ0) is 12.3. The second-order valence-corrected chi connectivity index (χ2v) is 4.60. The molecule has 0 radical (unpaired) electrons. The van der Waals surface area contributed by atoms with Gasteiger partial charge in [0, 0.05) is 34.5 Å². The number of nitrogens with zero attached hydrogens (tertiary/aromatic N) is 1. The largest absolute Gasteiger partial charge is 0.398 e. The van der Waals surface area contributed by atoms with E-state index in [4.69, 9.17) is 5.73 Å². The van der Waals surface area contributed by atoms with Crippen LogP contribution in [0.5, 0.6) is 0 Å². The Bertz CT molecular complexity index is 540. The molecule has 2 rings (SSSR count). The maximum Gasteiger partial charge on any atom is 0.169 e. The van der Waals surface area contributed by atoms with Gasteiger partial charge in [0.25, 0.3) is 0 Å². The van der Waals surface area contributed by atoms with E-state index in [0.29, 0.717) is 17.7 Å². The summed E-state index contributed by atoms with van der Waals surface area (Å²) in [5, 5.41) is 0. The average molecular weight is 291 g/mol. The van der Waals surface area contributed by atoms with Crippen LogP contribution in [0.15, 0.2) is 47.2 Å². The van der Waals surface area contributed by atoms with Crippen molar-refractivity contribution in [2.75, 3.05) is 5.73 Å². The van der Waals surface area contributed by atoms with Gasteiger partial charge in [0.05, 0.1) is 0 Å². The fourth-order valence-corrected chi connectivity index (χ4v) is 1.91. The predicted molar refractivity (Wildman–Crippen MR) is 70.8 cm³/mol. The Morgan fingerprint density at radius 2 is 1.94 bits per heavy atom. The number of hydrogen-bond acceptors (Lipinski definition) is 3. The molecule has 2 aromatic rings. The van der Waals surface area contributed by atoms with Gasteiger partial charge in [-0.05, 0) is 35.9 Å². The van der Waals surface area contributed by atoms with Crippen LogP contribution in [0.1, 0.15) is 15.9 Å². The average Bonchev–Trinajstić information content (AvgIpc) is 2.33. The Labute approximate surface area is 108 Å². The summed E-state index contributed by atoms with van der Waals surface area (Å²) < 4.78 is 0.852. The Hall–Kier alpha value is -1.68. The number of ketones is 1. The van der Waals surface area contributed by atoms with E-state index in [0.717, 1.165) is 10.0 Å². The second-order valence-electron chi connectivity index (χ2n) is 3.69. The van der Waals surface area contributed by atoms with Crippen molar-refractivity contribution in [3.05, 3.63) is 58.3 Å². The van der Waals surface area contributed by atoms with Crippen LogP contribution < -0.4 is 5.73 Å². The second kappa shape index (κ2) is 5.10. The fraction of sp³-hybridized carbons (Fsp3) is 0.0769. The summed E-state index contributed by atoms with van der Waals surface area (Å²) in [4.78, 5) is 16.0. The zero-order valence-electron chi connectivity index (χ0n) is 9.06. The molecule has 0 saturated carbocycles. The number of halogens is 1. The topological polar surface area (TPSA) is 56.0 Å². The van der Waals surface area contributed by atoms with Crippen molar-refractivity contribution in [3.63, 3.8) is 0 Å². The lowest BCUT2D eigenvalue weighted by atomic mass is 10.0. The molecule has 0 aliphatic carbocycles. The number of aromatic nitrogens is 1. The highest BCUT2D eigenvalue weighted by atomic mass is 79.9. The van der Waals surface area contributed by atoms with Crippen molar-refractivity contribution in [1.82, 2.24) is 4.98 Å². The normalized spacial score (nSPS) is 10.2. The summed E-state index contributed by atoms with van der Waals surface area (Å²) in [6, 6.07) is 8.94. The highest BCUT2D eigenvalue weighted by molar-refractivity contribution is 9.10. The minimum Gasteiger partial charge on any atom is -0.398 e. The van der Waals surface area contributed by atoms with Crippen LogP contribution in [0.3, 0.4) is 0 Å². The summed E-state index contributed by atoms with van der Waals surface area (Å²) in [6.45, 7) is 0. The van der Waals surface area contributed by atoms with Crippen LogP contribution in [-0.2, 0) is 6.42 Å². The number of benzene rings is 1. The monoisotopic (exact) mass is 290 g/mol. The van der Waals surface area contributed by atoms with Crippen molar-refractivity contribution < 1.29 is 4.79 Å². The molecule has 0 amide bonds. The van der Waals surface area contributed by atoms with E-state index in [-0.39, 0.29) is 5.78 Å². The first-order valence-corrected chi connectivity index (χ1v) is 5.93. The molecule has 0 saturated heterocycles. The molecule has 4 heteroatoms. The van der Waals surface area contributed by atoms with Crippen LogP contribution in [0.4, 0.5) is 5.69 Å². The number of rotatable bonds is 3. The van der Waals surface area contributed by atoms with Gasteiger partial charge < -0.3 is 5.73 Å². The van der Waals surface area contributed by atoms with Crippen molar-refractivity contribution >= 4 is 27.4 Å². The van der Waals surface area contributed by atoms with Gasteiger partial charge in [0.2, 0.25) is 0 Å². The molecule has 0 bridgehead atoms. The van der Waals surface area contributed by atoms with Gasteiger partial charge in [0.15, 0.2) is 5.78 Å². The smallest absolute Gasteiger partial charge is 0.169 e. The highest BCUT2D eigenvalue weighted by Gasteiger charge is 2.10. The summed E-state index contributed by atoms with van der Waals surface area (Å²) in [7, 11) is 0. The van der Waals surface area contributed by atoms with E-state index in [9.17, 15) is 4.79 Å². The molecule has 0 unspecified atom stereocenters. The molecule has 0 aliphatic rings. The summed E-state index contributed by atoms with van der Waals surface area (Å²) in [5.41, 5.74) is 7.78. The number of carbonyl (C=O) groups excluding carboxylic acids is 1. The summed E-state index contributed by atoms with van der Waals surface area (Å²) in [6.07, 6.45) is 3.68. The molecule has 2 N–H and O–H groups in total. The number of nitrogen functional groups attached to an aromatic ring is 1. The van der Waals surface area contributed by atoms with E-state index in [1.165, 1.54) is 0 Å². The van der Waals surface area contributed by atoms with E-state index in [1.54, 1.807) is 24.5 Å². The molecule has 1 heterocycles. The molecule has 0 fully saturated rings. The molecule has 86 valence electrons. The van der Waals surface area contributed by atoms with Gasteiger partial charge in [-0.2, -0.15) is 0 Å². The van der Waals surface area contributed by atoms with E-state index in [1.807, 2.05) is 18.2 Å². The molecule has 1 aromatic heterocycles. The molecular weight excluding hydrogens is 280 g/mol. The quantitative estimate of drug-likeness (QED) is 0.699. The van der Waals surface area contributed by atoms with Crippen LogP contribution >= 0.6 is 15.9 Å². The SMILES string of the molecule is Nc1ccc(Br)cc1C(=O)Cc1ccncc1. The molecule has 0 spiro atoms. The van der Waals surface area contributed by atoms with Gasteiger partial charge in [-0.25, -0.2) is 0 Å². The van der Waals surface area contributed by atoms with Crippen LogP contribution in [0, 0.1) is 0 Å². The van der Waals surface area contributed by atoms with E-state index < -0.39 is 0 Å². The van der Waals surface area contributed by atoms with Gasteiger partial charge in [-0.3, -0.25) is 9.78 Å². The third-order valence-corrected chi connectivity index (χ3v) is 2.92. The maximum atomic E-state index is 12.1. The number of anilines is 1. The van der Waals surface area contributed by atoms with Gasteiger partial charge in [-0.1, -0.05) is 15.9 Å². The Morgan fingerprint density at radius 3 is 2.65 bits per heavy atom. The number of Topliss-reactive ketones (excluding diaryl/α,β-unsaturated/α-hetero) is 1. The molecular formula is C13H11BrN2O. The predicted octanol–water partition coefficient (Wildman–Crippen LogP) is 2.85. The van der Waals surface area contributed by atoms with Gasteiger partial charge in [-0.15, -0.1) is 0 Å². The van der Waals surface area contributed by atoms with Crippen LogP contribution in [-0.4, -0.2) is 10.8 Å². The van der Waals surface area contributed by atoms with Crippen LogP contribution in [0.2, 0.25) is 0 Å². The minimum absolute atomic E-state index is 0.00926.